The van der Waals surface area contributed by atoms with E-state index >= 15 is 0 Å². The highest BCUT2D eigenvalue weighted by molar-refractivity contribution is 7.90. The molecule has 4 rings (SSSR count). The zero-order valence-electron chi connectivity index (χ0n) is 14.0. The molecule has 0 unspecified atom stereocenters. The van der Waals surface area contributed by atoms with Crippen molar-refractivity contribution in [1.29, 1.82) is 0 Å². The van der Waals surface area contributed by atoms with Crippen molar-refractivity contribution in [3.05, 3.63) is 72.8 Å². The molecule has 4 aromatic rings. The van der Waals surface area contributed by atoms with Gasteiger partial charge in [-0.2, -0.15) is 4.98 Å². The third-order valence-electron chi connectivity index (χ3n) is 3.97. The van der Waals surface area contributed by atoms with Crippen LogP contribution in [-0.4, -0.2) is 29.3 Å². The molecule has 1 N–H and O–H groups in total. The second kappa shape index (κ2) is 6.27. The molecule has 0 aliphatic rings. The Morgan fingerprint density at radius 1 is 0.885 bits per heavy atom. The molecule has 0 fully saturated rings. The van der Waals surface area contributed by atoms with Crippen molar-refractivity contribution in [3.8, 4) is 11.3 Å². The Morgan fingerprint density at radius 2 is 1.62 bits per heavy atom. The van der Waals surface area contributed by atoms with E-state index in [0.29, 0.717) is 16.5 Å². The smallest absolute Gasteiger partial charge is 0.247 e. The van der Waals surface area contributed by atoms with Gasteiger partial charge in [-0.05, 0) is 36.4 Å². The molecule has 7 heteroatoms. The molecular formula is C19H16N4O2S. The van der Waals surface area contributed by atoms with Crippen LogP contribution < -0.4 is 5.32 Å². The summed E-state index contributed by atoms with van der Waals surface area (Å²) in [6.45, 7) is 0. The van der Waals surface area contributed by atoms with Gasteiger partial charge in [-0.3, -0.25) is 0 Å². The largest absolute Gasteiger partial charge is 0.323 e. The minimum Gasteiger partial charge on any atom is -0.323 e. The van der Waals surface area contributed by atoms with Crippen molar-refractivity contribution in [1.82, 2.24) is 14.6 Å². The van der Waals surface area contributed by atoms with Gasteiger partial charge < -0.3 is 5.32 Å². The zero-order chi connectivity index (χ0) is 18.1. The van der Waals surface area contributed by atoms with Gasteiger partial charge in [0.2, 0.25) is 5.95 Å². The maximum absolute atomic E-state index is 11.6. The fraction of sp³-hybridized carbons (Fsp3) is 0.0526. The van der Waals surface area contributed by atoms with Crippen LogP contribution in [-0.2, 0) is 9.84 Å². The van der Waals surface area contributed by atoms with E-state index in [9.17, 15) is 8.42 Å². The van der Waals surface area contributed by atoms with E-state index in [2.05, 4.69) is 15.4 Å². The first-order chi connectivity index (χ1) is 12.5. The van der Waals surface area contributed by atoms with Crippen LogP contribution in [0.2, 0.25) is 0 Å². The molecule has 26 heavy (non-hydrogen) atoms. The summed E-state index contributed by atoms with van der Waals surface area (Å²) in [5.41, 5.74) is 3.30. The molecule has 0 amide bonds. The van der Waals surface area contributed by atoms with E-state index in [1.54, 1.807) is 28.8 Å². The van der Waals surface area contributed by atoms with E-state index in [-0.39, 0.29) is 0 Å². The Morgan fingerprint density at radius 3 is 2.31 bits per heavy atom. The number of para-hydroxylation sites is 1. The Hall–Kier alpha value is -3.19. The summed E-state index contributed by atoms with van der Waals surface area (Å²) in [6, 6.07) is 22.1. The van der Waals surface area contributed by atoms with Gasteiger partial charge in [0, 0.05) is 17.5 Å². The molecule has 0 aliphatic heterocycles. The van der Waals surface area contributed by atoms with Gasteiger partial charge in [0.1, 0.15) is 0 Å². The Balaban J connectivity index is 1.74. The molecular weight excluding hydrogens is 348 g/mol. The number of pyridine rings is 1. The number of hydrogen-bond acceptors (Lipinski definition) is 5. The van der Waals surface area contributed by atoms with Gasteiger partial charge >= 0.3 is 0 Å². The molecule has 0 saturated heterocycles. The molecule has 0 spiro atoms. The maximum Gasteiger partial charge on any atom is 0.247 e. The molecule has 2 aromatic carbocycles. The number of nitrogens with one attached hydrogen (secondary N) is 1. The minimum atomic E-state index is -3.22. The number of anilines is 2. The first-order valence-electron chi connectivity index (χ1n) is 7.99. The molecule has 0 saturated carbocycles. The summed E-state index contributed by atoms with van der Waals surface area (Å²) >= 11 is 0. The number of hydrogen-bond donors (Lipinski definition) is 1. The maximum atomic E-state index is 11.6. The predicted octanol–water partition coefficient (Wildman–Crippen LogP) is 3.54. The first-order valence-corrected chi connectivity index (χ1v) is 9.88. The molecule has 0 atom stereocenters. The molecule has 0 aliphatic carbocycles. The lowest BCUT2D eigenvalue weighted by molar-refractivity contribution is 0.602. The van der Waals surface area contributed by atoms with Gasteiger partial charge in [0.05, 0.1) is 10.6 Å². The average molecular weight is 364 g/mol. The van der Waals surface area contributed by atoms with Crippen LogP contribution in [0, 0.1) is 0 Å². The van der Waals surface area contributed by atoms with Crippen LogP contribution in [0.25, 0.3) is 16.9 Å². The quantitative estimate of drug-likeness (QED) is 0.599. The first kappa shape index (κ1) is 16.3. The van der Waals surface area contributed by atoms with E-state index in [4.69, 9.17) is 0 Å². The third-order valence-corrected chi connectivity index (χ3v) is 5.10. The van der Waals surface area contributed by atoms with Crippen molar-refractivity contribution in [2.24, 2.45) is 0 Å². The second-order valence-electron chi connectivity index (χ2n) is 5.90. The number of aromatic nitrogens is 3. The predicted molar refractivity (Wildman–Crippen MR) is 101 cm³/mol. The van der Waals surface area contributed by atoms with E-state index in [0.717, 1.165) is 16.9 Å². The lowest BCUT2D eigenvalue weighted by Crippen LogP contribution is -1.98. The minimum absolute atomic E-state index is 0.290. The second-order valence-corrected chi connectivity index (χ2v) is 7.92. The van der Waals surface area contributed by atoms with Crippen LogP contribution in [0.3, 0.4) is 0 Å². The van der Waals surface area contributed by atoms with Crippen molar-refractivity contribution in [2.45, 2.75) is 4.90 Å². The Kier molecular flexibility index (Phi) is 3.93. The summed E-state index contributed by atoms with van der Waals surface area (Å²) < 4.78 is 25.0. The van der Waals surface area contributed by atoms with Crippen molar-refractivity contribution >= 4 is 27.1 Å². The third kappa shape index (κ3) is 3.16. The summed E-state index contributed by atoms with van der Waals surface area (Å²) in [5.74, 6) is 0.497. The van der Waals surface area contributed by atoms with E-state index in [1.807, 2.05) is 48.5 Å². The van der Waals surface area contributed by atoms with Gasteiger partial charge in [-0.15, -0.1) is 5.10 Å². The molecule has 6 nitrogen and oxygen atoms in total. The molecule has 0 radical (unpaired) electrons. The van der Waals surface area contributed by atoms with Crippen molar-refractivity contribution in [2.75, 3.05) is 11.6 Å². The summed E-state index contributed by atoms with van der Waals surface area (Å²) in [5, 5.41) is 7.71. The summed E-state index contributed by atoms with van der Waals surface area (Å²) in [6.07, 6.45) is 1.20. The molecule has 2 heterocycles. The van der Waals surface area contributed by atoms with Crippen LogP contribution in [0.15, 0.2) is 77.7 Å². The lowest BCUT2D eigenvalue weighted by Gasteiger charge is -2.05. The fourth-order valence-electron chi connectivity index (χ4n) is 2.70. The molecule has 0 bridgehead atoms. The van der Waals surface area contributed by atoms with Crippen LogP contribution in [0.4, 0.5) is 11.6 Å². The van der Waals surface area contributed by atoms with Crippen molar-refractivity contribution < 1.29 is 8.42 Å². The number of rotatable bonds is 4. The van der Waals surface area contributed by atoms with Gasteiger partial charge in [-0.25, -0.2) is 12.9 Å². The summed E-state index contributed by atoms with van der Waals surface area (Å²) in [7, 11) is -3.22. The normalized spacial score (nSPS) is 11.6. The topological polar surface area (TPSA) is 76.4 Å². The fourth-order valence-corrected chi connectivity index (χ4v) is 3.33. The molecule has 2 aromatic heterocycles. The van der Waals surface area contributed by atoms with Crippen LogP contribution >= 0.6 is 0 Å². The zero-order valence-corrected chi connectivity index (χ0v) is 14.8. The summed E-state index contributed by atoms with van der Waals surface area (Å²) in [4.78, 5) is 4.79. The van der Waals surface area contributed by atoms with Gasteiger partial charge in [0.25, 0.3) is 0 Å². The number of sulfone groups is 1. The number of fused-ring (bicyclic) bond motifs is 1. The van der Waals surface area contributed by atoms with Gasteiger partial charge in [-0.1, -0.05) is 36.4 Å². The highest BCUT2D eigenvalue weighted by atomic mass is 32.2. The van der Waals surface area contributed by atoms with Gasteiger partial charge in [0.15, 0.2) is 15.5 Å². The van der Waals surface area contributed by atoms with Crippen LogP contribution in [0.5, 0.6) is 0 Å². The van der Waals surface area contributed by atoms with Crippen LogP contribution in [0.1, 0.15) is 0 Å². The Bertz CT molecular complexity index is 1170. The highest BCUT2D eigenvalue weighted by Crippen LogP contribution is 2.23. The molecule has 130 valence electrons. The number of benzene rings is 2. The van der Waals surface area contributed by atoms with Crippen molar-refractivity contribution in [3.63, 3.8) is 0 Å². The Labute approximate surface area is 151 Å². The highest BCUT2D eigenvalue weighted by Gasteiger charge is 2.11. The van der Waals surface area contributed by atoms with E-state index < -0.39 is 9.84 Å². The SMILES string of the molecule is CS(=O)(=O)c1ccc(-c2cccc3nc(Nc4ccccc4)nn23)cc1. The average Bonchev–Trinajstić information content (AvgIpc) is 3.04. The van der Waals surface area contributed by atoms with E-state index in [1.165, 1.54) is 6.26 Å². The number of nitrogens with zero attached hydrogens (tertiary/aromatic N) is 3. The lowest BCUT2D eigenvalue weighted by atomic mass is 10.1. The standard InChI is InChI=1S/C19H16N4O2S/c1-26(24,25)16-12-10-14(11-13-16)17-8-5-9-18-21-19(22-23(17)18)20-15-6-3-2-4-7-15/h2-13H,1H3,(H,20,22). The monoisotopic (exact) mass is 364 g/mol.